The molecule has 2 rings (SSSR count). The Kier molecular flexibility index (Phi) is 3.25. The van der Waals surface area contributed by atoms with Crippen LogP contribution in [0.15, 0.2) is 18.3 Å². The average Bonchev–Trinajstić information content (AvgIpc) is 2.58. The molecule has 0 bridgehead atoms. The van der Waals surface area contributed by atoms with E-state index >= 15 is 0 Å². The predicted molar refractivity (Wildman–Crippen MR) is 70.5 cm³/mol. The van der Waals surface area contributed by atoms with Crippen molar-refractivity contribution in [3.05, 3.63) is 23.9 Å². The summed E-state index contributed by atoms with van der Waals surface area (Å²) >= 11 is 0. The van der Waals surface area contributed by atoms with E-state index in [1.807, 2.05) is 25.3 Å². The Balaban J connectivity index is 2.20. The molecular formula is C11H16N4O2S. The minimum Gasteiger partial charge on any atom is -0.349 e. The molecule has 1 atom stereocenters. The number of fused-ring (bicyclic) bond motifs is 1. The molecular weight excluding hydrogens is 252 g/mol. The van der Waals surface area contributed by atoms with Crippen LogP contribution in [-0.4, -0.2) is 41.1 Å². The molecule has 0 aliphatic rings. The molecule has 7 heteroatoms. The first kappa shape index (κ1) is 12.8. The summed E-state index contributed by atoms with van der Waals surface area (Å²) in [5, 5.41) is 7.24. The van der Waals surface area contributed by atoms with E-state index in [9.17, 15) is 8.42 Å². The molecule has 2 heterocycles. The van der Waals surface area contributed by atoms with Gasteiger partial charge < -0.3 is 5.32 Å². The zero-order valence-corrected chi connectivity index (χ0v) is 11.4. The summed E-state index contributed by atoms with van der Waals surface area (Å²) < 4.78 is 24.0. The van der Waals surface area contributed by atoms with Crippen molar-refractivity contribution >= 4 is 21.4 Å². The van der Waals surface area contributed by atoms with Gasteiger partial charge in [0.25, 0.3) is 0 Å². The minimum absolute atomic E-state index is 0.0571. The van der Waals surface area contributed by atoms with Gasteiger partial charge in [-0.25, -0.2) is 12.9 Å². The molecule has 2 aromatic heterocycles. The van der Waals surface area contributed by atoms with Crippen LogP contribution in [-0.2, 0) is 9.84 Å². The zero-order chi connectivity index (χ0) is 13.3. The SMILES string of the molecule is Cc1cccn2nc(NC(C)CS(C)(=O)=O)nc12. The van der Waals surface area contributed by atoms with Crippen molar-refractivity contribution in [3.8, 4) is 0 Å². The number of aryl methyl sites for hydroxylation is 1. The maximum absolute atomic E-state index is 11.2. The van der Waals surface area contributed by atoms with E-state index in [4.69, 9.17) is 0 Å². The molecule has 0 fully saturated rings. The van der Waals surface area contributed by atoms with E-state index < -0.39 is 9.84 Å². The second kappa shape index (κ2) is 4.56. The normalized spacial score (nSPS) is 13.7. The number of pyridine rings is 1. The zero-order valence-electron chi connectivity index (χ0n) is 10.6. The fourth-order valence-corrected chi connectivity index (χ4v) is 2.81. The Morgan fingerprint density at radius 2 is 2.22 bits per heavy atom. The van der Waals surface area contributed by atoms with E-state index in [-0.39, 0.29) is 11.8 Å². The van der Waals surface area contributed by atoms with Crippen LogP contribution >= 0.6 is 0 Å². The quantitative estimate of drug-likeness (QED) is 0.891. The first-order valence-corrected chi connectivity index (χ1v) is 7.67. The second-order valence-electron chi connectivity index (χ2n) is 4.53. The number of hydrogen-bond donors (Lipinski definition) is 1. The molecule has 2 aromatic rings. The fourth-order valence-electron chi connectivity index (χ4n) is 1.82. The van der Waals surface area contributed by atoms with E-state index in [0.717, 1.165) is 11.2 Å². The molecule has 1 N–H and O–H groups in total. The van der Waals surface area contributed by atoms with E-state index in [1.165, 1.54) is 6.26 Å². The smallest absolute Gasteiger partial charge is 0.243 e. The van der Waals surface area contributed by atoms with E-state index in [0.29, 0.717) is 5.95 Å². The first-order chi connectivity index (χ1) is 8.35. The third-order valence-electron chi connectivity index (χ3n) is 2.49. The van der Waals surface area contributed by atoms with Gasteiger partial charge in [-0.3, -0.25) is 0 Å². The van der Waals surface area contributed by atoms with Gasteiger partial charge in [0.1, 0.15) is 9.84 Å². The topological polar surface area (TPSA) is 76.4 Å². The van der Waals surface area contributed by atoms with Gasteiger partial charge in [0.15, 0.2) is 5.65 Å². The van der Waals surface area contributed by atoms with Crippen molar-refractivity contribution in [2.45, 2.75) is 19.9 Å². The van der Waals surface area contributed by atoms with Crippen LogP contribution in [0.2, 0.25) is 0 Å². The van der Waals surface area contributed by atoms with Crippen LogP contribution in [0.25, 0.3) is 5.65 Å². The molecule has 0 aliphatic heterocycles. The van der Waals surface area contributed by atoms with E-state index in [1.54, 1.807) is 11.4 Å². The number of hydrogen-bond acceptors (Lipinski definition) is 5. The van der Waals surface area contributed by atoms with Gasteiger partial charge in [-0.2, -0.15) is 4.98 Å². The van der Waals surface area contributed by atoms with Gasteiger partial charge in [-0.15, -0.1) is 5.10 Å². The van der Waals surface area contributed by atoms with Gasteiger partial charge in [-0.1, -0.05) is 6.07 Å². The summed E-state index contributed by atoms with van der Waals surface area (Å²) in [6.07, 6.45) is 3.02. The lowest BCUT2D eigenvalue weighted by atomic mass is 10.3. The highest BCUT2D eigenvalue weighted by molar-refractivity contribution is 7.90. The second-order valence-corrected chi connectivity index (χ2v) is 6.72. The number of anilines is 1. The molecule has 1 unspecified atom stereocenters. The highest BCUT2D eigenvalue weighted by Crippen LogP contribution is 2.10. The van der Waals surface area contributed by atoms with Gasteiger partial charge in [0.05, 0.1) is 5.75 Å². The van der Waals surface area contributed by atoms with Crippen LogP contribution in [0.5, 0.6) is 0 Å². The maximum Gasteiger partial charge on any atom is 0.243 e. The Bertz CT molecular complexity index is 663. The monoisotopic (exact) mass is 268 g/mol. The van der Waals surface area contributed by atoms with Crippen molar-refractivity contribution in [1.82, 2.24) is 14.6 Å². The number of sulfone groups is 1. The standard InChI is InChI=1S/C11H16N4O2S/c1-8-5-4-6-15-10(8)13-11(14-15)12-9(2)7-18(3,16)17/h4-6,9H,7H2,1-3H3,(H,12,14). The van der Waals surface area contributed by atoms with Crippen molar-refractivity contribution < 1.29 is 8.42 Å². The van der Waals surface area contributed by atoms with Crippen molar-refractivity contribution in [1.29, 1.82) is 0 Å². The average molecular weight is 268 g/mol. The number of rotatable bonds is 4. The molecule has 0 aromatic carbocycles. The molecule has 0 saturated heterocycles. The van der Waals surface area contributed by atoms with Gasteiger partial charge in [0.2, 0.25) is 5.95 Å². The van der Waals surface area contributed by atoms with Crippen molar-refractivity contribution in [2.24, 2.45) is 0 Å². The summed E-state index contributed by atoms with van der Waals surface area (Å²) in [5.74, 6) is 0.502. The van der Waals surface area contributed by atoms with E-state index in [2.05, 4.69) is 15.4 Å². The van der Waals surface area contributed by atoms with Crippen LogP contribution in [0.3, 0.4) is 0 Å². The lowest BCUT2D eigenvalue weighted by molar-refractivity contribution is 0.597. The number of nitrogens with zero attached hydrogens (tertiary/aromatic N) is 3. The lowest BCUT2D eigenvalue weighted by Gasteiger charge is -2.09. The minimum atomic E-state index is -3.01. The van der Waals surface area contributed by atoms with Crippen LogP contribution in [0, 0.1) is 6.92 Å². The third kappa shape index (κ3) is 2.98. The maximum atomic E-state index is 11.2. The van der Waals surface area contributed by atoms with Gasteiger partial charge >= 0.3 is 0 Å². The Labute approximate surface area is 106 Å². The van der Waals surface area contributed by atoms with Crippen LogP contribution < -0.4 is 5.32 Å². The van der Waals surface area contributed by atoms with Gasteiger partial charge in [0, 0.05) is 18.5 Å². The molecule has 18 heavy (non-hydrogen) atoms. The summed E-state index contributed by atoms with van der Waals surface area (Å²) in [6.45, 7) is 3.74. The van der Waals surface area contributed by atoms with Gasteiger partial charge in [-0.05, 0) is 25.5 Å². The Hall–Kier alpha value is -1.63. The summed E-state index contributed by atoms with van der Waals surface area (Å²) in [7, 11) is -3.01. The Morgan fingerprint density at radius 1 is 1.50 bits per heavy atom. The molecule has 0 amide bonds. The van der Waals surface area contributed by atoms with Crippen molar-refractivity contribution in [2.75, 3.05) is 17.3 Å². The first-order valence-electron chi connectivity index (χ1n) is 5.61. The largest absolute Gasteiger partial charge is 0.349 e. The summed E-state index contributed by atoms with van der Waals surface area (Å²) in [5.41, 5.74) is 1.79. The number of nitrogens with one attached hydrogen (secondary N) is 1. The number of aromatic nitrogens is 3. The highest BCUT2D eigenvalue weighted by atomic mass is 32.2. The highest BCUT2D eigenvalue weighted by Gasteiger charge is 2.13. The summed E-state index contributed by atoms with van der Waals surface area (Å²) in [4.78, 5) is 4.33. The third-order valence-corrected chi connectivity index (χ3v) is 3.59. The van der Waals surface area contributed by atoms with Crippen LogP contribution in [0.4, 0.5) is 5.95 Å². The summed E-state index contributed by atoms with van der Waals surface area (Å²) in [6, 6.07) is 3.62. The molecule has 6 nitrogen and oxygen atoms in total. The fraction of sp³-hybridized carbons (Fsp3) is 0.455. The molecule has 0 radical (unpaired) electrons. The van der Waals surface area contributed by atoms with Crippen molar-refractivity contribution in [3.63, 3.8) is 0 Å². The Morgan fingerprint density at radius 3 is 2.83 bits per heavy atom. The lowest BCUT2D eigenvalue weighted by Crippen LogP contribution is -2.25. The van der Waals surface area contributed by atoms with Crippen LogP contribution in [0.1, 0.15) is 12.5 Å². The molecule has 98 valence electrons. The molecule has 0 aliphatic carbocycles. The molecule has 0 spiro atoms. The predicted octanol–water partition coefficient (Wildman–Crippen LogP) is 0.883. The molecule has 0 saturated carbocycles.